The lowest BCUT2D eigenvalue weighted by Crippen LogP contribution is -2.22. The van der Waals surface area contributed by atoms with Gasteiger partial charge in [-0.2, -0.15) is 0 Å². The summed E-state index contributed by atoms with van der Waals surface area (Å²) < 4.78 is 11.3. The predicted molar refractivity (Wildman–Crippen MR) is 70.2 cm³/mol. The van der Waals surface area contributed by atoms with Gasteiger partial charge in [-0.25, -0.2) is 0 Å². The van der Waals surface area contributed by atoms with Gasteiger partial charge in [0, 0.05) is 11.6 Å². The van der Waals surface area contributed by atoms with Gasteiger partial charge >= 0.3 is 0 Å². The second-order valence-electron chi connectivity index (χ2n) is 5.14. The van der Waals surface area contributed by atoms with E-state index < -0.39 is 0 Å². The highest BCUT2D eigenvalue weighted by Gasteiger charge is 2.10. The SMILES string of the molecule is CC(N)c1ccccc1OCCOC(C)(C)C. The summed E-state index contributed by atoms with van der Waals surface area (Å²) in [5.41, 5.74) is 6.79. The van der Waals surface area contributed by atoms with Crippen LogP contribution in [0.3, 0.4) is 0 Å². The first-order valence-electron chi connectivity index (χ1n) is 6.01. The van der Waals surface area contributed by atoms with E-state index in [4.69, 9.17) is 15.2 Å². The maximum Gasteiger partial charge on any atom is 0.124 e. The van der Waals surface area contributed by atoms with E-state index >= 15 is 0 Å². The average molecular weight is 237 g/mol. The van der Waals surface area contributed by atoms with Gasteiger partial charge in [0.05, 0.1) is 12.2 Å². The minimum Gasteiger partial charge on any atom is -0.491 e. The van der Waals surface area contributed by atoms with Crippen molar-refractivity contribution in [3.63, 3.8) is 0 Å². The van der Waals surface area contributed by atoms with Gasteiger partial charge in [0.2, 0.25) is 0 Å². The summed E-state index contributed by atoms with van der Waals surface area (Å²) in [6, 6.07) is 7.83. The normalized spacial score (nSPS) is 13.5. The fourth-order valence-corrected chi connectivity index (χ4v) is 1.49. The minimum atomic E-state index is -0.121. The lowest BCUT2D eigenvalue weighted by molar-refractivity contribution is -0.0164. The largest absolute Gasteiger partial charge is 0.491 e. The number of para-hydroxylation sites is 1. The molecule has 0 aromatic heterocycles. The van der Waals surface area contributed by atoms with Crippen LogP contribution < -0.4 is 10.5 Å². The Morgan fingerprint density at radius 2 is 1.82 bits per heavy atom. The first kappa shape index (κ1) is 14.0. The fourth-order valence-electron chi connectivity index (χ4n) is 1.49. The summed E-state index contributed by atoms with van der Waals surface area (Å²) >= 11 is 0. The second-order valence-corrected chi connectivity index (χ2v) is 5.14. The lowest BCUT2D eigenvalue weighted by Gasteiger charge is -2.20. The van der Waals surface area contributed by atoms with Crippen molar-refractivity contribution in [3.05, 3.63) is 29.8 Å². The fraction of sp³-hybridized carbons (Fsp3) is 0.571. The molecule has 0 radical (unpaired) electrons. The molecule has 1 atom stereocenters. The zero-order chi connectivity index (χ0) is 12.9. The molecule has 0 amide bonds. The molecule has 0 aliphatic carbocycles. The number of nitrogens with two attached hydrogens (primary N) is 1. The van der Waals surface area contributed by atoms with Gasteiger partial charge in [-0.3, -0.25) is 0 Å². The third kappa shape index (κ3) is 5.20. The van der Waals surface area contributed by atoms with E-state index in [0.717, 1.165) is 11.3 Å². The number of hydrogen-bond donors (Lipinski definition) is 1. The van der Waals surface area contributed by atoms with Crippen molar-refractivity contribution in [1.82, 2.24) is 0 Å². The lowest BCUT2D eigenvalue weighted by atomic mass is 10.1. The molecular weight excluding hydrogens is 214 g/mol. The van der Waals surface area contributed by atoms with E-state index in [2.05, 4.69) is 0 Å². The van der Waals surface area contributed by atoms with Crippen molar-refractivity contribution < 1.29 is 9.47 Å². The molecule has 0 heterocycles. The molecule has 17 heavy (non-hydrogen) atoms. The smallest absolute Gasteiger partial charge is 0.124 e. The van der Waals surface area contributed by atoms with Gasteiger partial charge in [-0.1, -0.05) is 18.2 Å². The zero-order valence-corrected chi connectivity index (χ0v) is 11.2. The standard InChI is InChI=1S/C14H23NO2/c1-11(15)12-7-5-6-8-13(12)16-9-10-17-14(2,3)4/h5-8,11H,9-10,15H2,1-4H3. The van der Waals surface area contributed by atoms with Crippen LogP contribution in [0.2, 0.25) is 0 Å². The maximum atomic E-state index is 5.88. The van der Waals surface area contributed by atoms with Crippen molar-refractivity contribution >= 4 is 0 Å². The Bertz CT molecular complexity index is 342. The summed E-state index contributed by atoms with van der Waals surface area (Å²) in [6.07, 6.45) is 0. The molecule has 0 fully saturated rings. The molecule has 0 bridgehead atoms. The number of ether oxygens (including phenoxy) is 2. The van der Waals surface area contributed by atoms with Crippen LogP contribution in [-0.4, -0.2) is 18.8 Å². The van der Waals surface area contributed by atoms with Gasteiger partial charge in [0.1, 0.15) is 12.4 Å². The van der Waals surface area contributed by atoms with E-state index in [0.29, 0.717) is 13.2 Å². The van der Waals surface area contributed by atoms with E-state index in [1.54, 1.807) is 0 Å². The quantitative estimate of drug-likeness (QED) is 0.801. The van der Waals surface area contributed by atoms with Gasteiger partial charge < -0.3 is 15.2 Å². The van der Waals surface area contributed by atoms with Crippen LogP contribution in [-0.2, 0) is 4.74 Å². The van der Waals surface area contributed by atoms with E-state index in [-0.39, 0.29) is 11.6 Å². The Hall–Kier alpha value is -1.06. The highest BCUT2D eigenvalue weighted by atomic mass is 16.5. The number of hydrogen-bond acceptors (Lipinski definition) is 3. The molecule has 1 rings (SSSR count). The molecule has 0 spiro atoms. The summed E-state index contributed by atoms with van der Waals surface area (Å²) in [6.45, 7) is 9.17. The Morgan fingerprint density at radius 3 is 2.41 bits per heavy atom. The maximum absolute atomic E-state index is 5.88. The Morgan fingerprint density at radius 1 is 1.18 bits per heavy atom. The van der Waals surface area contributed by atoms with E-state index in [1.165, 1.54) is 0 Å². The van der Waals surface area contributed by atoms with Crippen molar-refractivity contribution in [2.24, 2.45) is 5.73 Å². The van der Waals surface area contributed by atoms with E-state index in [1.807, 2.05) is 52.0 Å². The summed E-state index contributed by atoms with van der Waals surface area (Å²) in [5.74, 6) is 0.847. The summed E-state index contributed by atoms with van der Waals surface area (Å²) in [4.78, 5) is 0. The molecule has 0 saturated heterocycles. The van der Waals surface area contributed by atoms with Crippen LogP contribution in [0.25, 0.3) is 0 Å². The van der Waals surface area contributed by atoms with Gasteiger partial charge in [-0.05, 0) is 33.8 Å². The summed E-state index contributed by atoms with van der Waals surface area (Å²) in [5, 5.41) is 0. The zero-order valence-electron chi connectivity index (χ0n) is 11.2. The van der Waals surface area contributed by atoms with Crippen molar-refractivity contribution in [3.8, 4) is 5.75 Å². The monoisotopic (exact) mass is 237 g/mol. The highest BCUT2D eigenvalue weighted by Crippen LogP contribution is 2.23. The molecule has 1 aromatic carbocycles. The number of rotatable bonds is 5. The van der Waals surface area contributed by atoms with Crippen LogP contribution in [0.4, 0.5) is 0 Å². The van der Waals surface area contributed by atoms with Crippen molar-refractivity contribution in [2.45, 2.75) is 39.3 Å². The first-order valence-corrected chi connectivity index (χ1v) is 6.01. The molecule has 3 nitrogen and oxygen atoms in total. The van der Waals surface area contributed by atoms with Crippen LogP contribution >= 0.6 is 0 Å². The van der Waals surface area contributed by atoms with Crippen LogP contribution in [0.5, 0.6) is 5.75 Å². The highest BCUT2D eigenvalue weighted by molar-refractivity contribution is 5.35. The third-order valence-corrected chi connectivity index (χ3v) is 2.29. The molecule has 96 valence electrons. The topological polar surface area (TPSA) is 44.5 Å². The second kappa shape index (κ2) is 6.03. The molecule has 0 saturated carbocycles. The van der Waals surface area contributed by atoms with Gasteiger partial charge in [0.15, 0.2) is 0 Å². The molecular formula is C14H23NO2. The van der Waals surface area contributed by atoms with E-state index in [9.17, 15) is 0 Å². The molecule has 3 heteroatoms. The van der Waals surface area contributed by atoms with Gasteiger partial charge in [-0.15, -0.1) is 0 Å². The molecule has 2 N–H and O–H groups in total. The van der Waals surface area contributed by atoms with Crippen molar-refractivity contribution in [1.29, 1.82) is 0 Å². The summed E-state index contributed by atoms with van der Waals surface area (Å²) in [7, 11) is 0. The molecule has 1 aromatic rings. The number of benzene rings is 1. The average Bonchev–Trinajstić information content (AvgIpc) is 2.23. The molecule has 0 aliphatic heterocycles. The minimum absolute atomic E-state index is 0.0188. The van der Waals surface area contributed by atoms with Crippen LogP contribution in [0.15, 0.2) is 24.3 Å². The first-order chi connectivity index (χ1) is 7.90. The molecule has 1 unspecified atom stereocenters. The third-order valence-electron chi connectivity index (χ3n) is 2.29. The van der Waals surface area contributed by atoms with Crippen LogP contribution in [0, 0.1) is 0 Å². The van der Waals surface area contributed by atoms with Gasteiger partial charge in [0.25, 0.3) is 0 Å². The van der Waals surface area contributed by atoms with Crippen molar-refractivity contribution in [2.75, 3.05) is 13.2 Å². The predicted octanol–water partition coefficient (Wildman–Crippen LogP) is 2.90. The molecule has 0 aliphatic rings. The Labute approximate surface area is 104 Å². The Kier molecular flexibility index (Phi) is 4.97. The Balaban J connectivity index is 2.47. The van der Waals surface area contributed by atoms with Crippen LogP contribution in [0.1, 0.15) is 39.3 Å².